The summed E-state index contributed by atoms with van der Waals surface area (Å²) in [6.45, 7) is 0.547. The number of fused-ring (bicyclic) bond motifs is 4. The SMILES string of the molecule is Cc1nc2cc(Cl)ccc2n1-c1nc(N)nc(Nc2ccc(C(F)(F)F)cc2)n1.Cc1nc2ccc(Cl)cc2n1-c1nc(N)nc(Nc2ccc(C(F)(F)F)cc2)n1.Fc1ccc2nc(C3CC3)n(-c3ncnc(Nc4ccc(C(F)(F)F)cc4)n3)c2c1.Nc1nc(Nc2ccc(OC(F)F)cc2)nc(-c2c(C(F)(F)F)nc3ccc(F)cn23)n1. The molecule has 7 aromatic carbocycles. The minimum absolute atomic E-state index is 0.0559. The number of rotatable bonds is 15. The second-order valence-electron chi connectivity index (χ2n) is 25.6. The third-order valence-corrected chi connectivity index (χ3v) is 17.5. The summed E-state index contributed by atoms with van der Waals surface area (Å²) in [5, 5.41) is 12.3. The number of ether oxygens (including phenoxy) is 1. The number of nitrogen functional groups attached to an aromatic ring is 3. The summed E-state index contributed by atoms with van der Waals surface area (Å²) in [4.78, 5) is 66.1. The fraction of sp³-hybridized carbons (Fsp3) is 0.135. The molecule has 0 saturated heterocycles. The van der Waals surface area contributed by atoms with Crippen molar-refractivity contribution in [2.24, 2.45) is 0 Å². The van der Waals surface area contributed by atoms with Gasteiger partial charge in [-0.25, -0.2) is 38.7 Å². The number of nitrogens with zero attached hydrogens (tertiary/aromatic N) is 20. The highest BCUT2D eigenvalue weighted by Crippen LogP contribution is 2.43. The summed E-state index contributed by atoms with van der Waals surface area (Å²) in [7, 11) is 0. The lowest BCUT2D eigenvalue weighted by Gasteiger charge is -2.11. The Hall–Kier alpha value is -14.5. The van der Waals surface area contributed by atoms with E-state index in [1.54, 1.807) is 70.0 Å². The second-order valence-corrected chi connectivity index (χ2v) is 26.4. The standard InChI is InChI=1S/C20H14F4N6.2C18H13ClF3N7.C18H11F6N7O/c21-13-5-8-15-16(9-13)30(17(28-15)11-1-2-11)19-26-10-25-18(29-19)27-14-6-3-12(4-7-14)20(22,23)24;1-9-24-13-8-11(19)4-7-14(13)29(9)17-27-15(23)26-16(28-17)25-12-5-2-10(3-6-12)18(20,21)22;1-9-24-13-7-4-11(19)8-14(13)29(9)17-27-15(23)26-16(28-17)25-12-5-2-10(3-6-12)18(20,21)22;19-8-1-6-11-27-13(18(22,23)24)12(31(11)7-8)14-28-16(25)30-17(29-14)26-9-2-4-10(5-3-9)32-15(20)21/h3-11H,1-2H2,(H,25,26,27,29);2*2-8H,1H3,(H3,23,25,26,27,28);1-7,15H,(H3,25,26,28,29,30). The number of anilines is 11. The lowest BCUT2D eigenvalue weighted by atomic mass is 10.2. The van der Waals surface area contributed by atoms with Crippen LogP contribution in [0.5, 0.6) is 5.75 Å². The van der Waals surface area contributed by atoms with E-state index < -0.39 is 82.8 Å². The van der Waals surface area contributed by atoms with E-state index in [4.69, 9.17) is 40.4 Å². The Labute approximate surface area is 671 Å². The Morgan fingerprint density at radius 3 is 1.39 bits per heavy atom. The first kappa shape index (κ1) is 82.1. The molecule has 1 aliphatic carbocycles. The molecule has 9 aromatic heterocycles. The van der Waals surface area contributed by atoms with E-state index in [2.05, 4.69) is 106 Å². The van der Waals surface area contributed by atoms with Crippen LogP contribution in [-0.4, -0.2) is 104 Å². The lowest BCUT2D eigenvalue weighted by molar-refractivity contribution is -0.140. The molecule has 46 heteroatoms. The summed E-state index contributed by atoms with van der Waals surface area (Å²) >= 11 is 12.1. The van der Waals surface area contributed by atoms with E-state index >= 15 is 0 Å². The van der Waals surface area contributed by atoms with Crippen LogP contribution in [0.1, 0.15) is 58.6 Å². The molecule has 16 aromatic rings. The molecule has 28 nitrogen and oxygen atoms in total. The number of imidazole rings is 4. The van der Waals surface area contributed by atoms with Crippen LogP contribution in [0.15, 0.2) is 176 Å². The Bertz CT molecular complexity index is 6460. The second kappa shape index (κ2) is 32.9. The highest BCUT2D eigenvalue weighted by molar-refractivity contribution is 6.31. The van der Waals surface area contributed by atoms with Crippen molar-refractivity contribution >= 4 is 126 Å². The minimum atomic E-state index is -4.90. The molecule has 0 radical (unpaired) electrons. The van der Waals surface area contributed by atoms with Crippen molar-refractivity contribution in [1.82, 2.24) is 97.8 Å². The molecular formula is C74H51Cl2F16N27O. The van der Waals surface area contributed by atoms with Gasteiger partial charge in [0.2, 0.25) is 59.5 Å². The third-order valence-electron chi connectivity index (χ3n) is 17.1. The van der Waals surface area contributed by atoms with Crippen LogP contribution in [0, 0.1) is 25.5 Å². The largest absolute Gasteiger partial charge is 0.435 e. The van der Waals surface area contributed by atoms with Crippen molar-refractivity contribution in [3.63, 3.8) is 0 Å². The van der Waals surface area contributed by atoms with Gasteiger partial charge >= 0.3 is 31.3 Å². The van der Waals surface area contributed by atoms with Gasteiger partial charge in [-0.2, -0.15) is 111 Å². The summed E-state index contributed by atoms with van der Waals surface area (Å²) in [6.07, 6.45) is -14.1. The smallest absolute Gasteiger partial charge is 0.435 e. The fourth-order valence-electron chi connectivity index (χ4n) is 11.7. The van der Waals surface area contributed by atoms with Crippen molar-refractivity contribution in [3.8, 4) is 35.1 Å². The summed E-state index contributed by atoms with van der Waals surface area (Å²) < 4.78 is 217. The maximum atomic E-state index is 13.9. The average molecular weight is 1710 g/mol. The monoisotopic (exact) mass is 1710 g/mol. The fourth-order valence-corrected chi connectivity index (χ4v) is 12.0. The predicted octanol–water partition coefficient (Wildman–Crippen LogP) is 18.3. The number of nitrogens with one attached hydrogen (secondary N) is 4. The van der Waals surface area contributed by atoms with E-state index in [1.807, 2.05) is 0 Å². The highest BCUT2D eigenvalue weighted by atomic mass is 35.5. The van der Waals surface area contributed by atoms with E-state index in [0.717, 1.165) is 83.3 Å². The van der Waals surface area contributed by atoms with Gasteiger partial charge in [-0.1, -0.05) is 23.2 Å². The van der Waals surface area contributed by atoms with Crippen molar-refractivity contribution in [1.29, 1.82) is 0 Å². The predicted molar refractivity (Wildman–Crippen MR) is 408 cm³/mol. The topological polar surface area (TPSA) is 361 Å². The summed E-state index contributed by atoms with van der Waals surface area (Å²) in [5.41, 5.74) is 18.2. The number of halogens is 18. The quantitative estimate of drug-likeness (QED) is 0.0469. The molecule has 1 fully saturated rings. The van der Waals surface area contributed by atoms with Crippen LogP contribution in [0.4, 0.5) is 135 Å². The van der Waals surface area contributed by atoms with Crippen molar-refractivity contribution in [2.75, 3.05) is 38.5 Å². The van der Waals surface area contributed by atoms with Gasteiger partial charge in [0.25, 0.3) is 0 Å². The molecule has 0 atom stereocenters. The number of hydrogen-bond donors (Lipinski definition) is 7. The van der Waals surface area contributed by atoms with E-state index in [1.165, 1.54) is 79.1 Å². The molecule has 1 aliphatic rings. The van der Waals surface area contributed by atoms with Crippen LogP contribution in [0.3, 0.4) is 0 Å². The molecule has 0 unspecified atom stereocenters. The molecule has 614 valence electrons. The normalized spacial score (nSPS) is 12.4. The zero-order valence-corrected chi connectivity index (χ0v) is 62.2. The van der Waals surface area contributed by atoms with Crippen LogP contribution >= 0.6 is 23.2 Å². The average Bonchev–Trinajstić information content (AvgIpc) is 1.60. The van der Waals surface area contributed by atoms with Gasteiger partial charge in [-0.15, -0.1) is 0 Å². The first-order valence-corrected chi connectivity index (χ1v) is 35.3. The summed E-state index contributed by atoms with van der Waals surface area (Å²) in [6, 6.07) is 35.5. The van der Waals surface area contributed by atoms with Crippen molar-refractivity contribution in [3.05, 3.63) is 238 Å². The van der Waals surface area contributed by atoms with Gasteiger partial charge in [-0.3, -0.25) is 18.1 Å². The zero-order chi connectivity index (χ0) is 85.4. The number of alkyl halides is 14. The number of hydrogen-bond acceptors (Lipinski definition) is 24. The minimum Gasteiger partial charge on any atom is -0.435 e. The number of benzene rings is 7. The van der Waals surface area contributed by atoms with Crippen LogP contribution in [-0.2, 0) is 24.7 Å². The third kappa shape index (κ3) is 19.1. The first-order chi connectivity index (χ1) is 56.9. The molecule has 0 aliphatic heterocycles. The Kier molecular flexibility index (Phi) is 22.5. The van der Waals surface area contributed by atoms with Crippen LogP contribution in [0.25, 0.3) is 68.1 Å². The molecule has 0 bridgehead atoms. The maximum Gasteiger partial charge on any atom is 0.435 e. The maximum absolute atomic E-state index is 13.9. The number of nitrogens with two attached hydrogens (primary N) is 3. The van der Waals surface area contributed by atoms with Gasteiger partial charge in [0.1, 0.15) is 52.5 Å². The van der Waals surface area contributed by atoms with Crippen LogP contribution < -0.4 is 43.2 Å². The van der Waals surface area contributed by atoms with E-state index in [9.17, 15) is 70.2 Å². The molecule has 0 amide bonds. The zero-order valence-electron chi connectivity index (χ0n) is 60.7. The summed E-state index contributed by atoms with van der Waals surface area (Å²) in [5.74, 6) is 0.603. The molecular weight excluding hydrogens is 1660 g/mol. The molecule has 9 heterocycles. The Morgan fingerprint density at radius 1 is 0.417 bits per heavy atom. The number of aromatic nitrogens is 20. The van der Waals surface area contributed by atoms with Crippen LogP contribution in [0.2, 0.25) is 10.0 Å². The Morgan fingerprint density at radius 2 is 0.867 bits per heavy atom. The molecule has 0 spiro atoms. The molecule has 1 saturated carbocycles. The first-order valence-electron chi connectivity index (χ1n) is 34.5. The van der Waals surface area contributed by atoms with Gasteiger partial charge in [0.05, 0.1) is 49.8 Å². The van der Waals surface area contributed by atoms with Crippen molar-refractivity contribution < 1.29 is 75.0 Å². The van der Waals surface area contributed by atoms with Gasteiger partial charge in [0, 0.05) is 51.0 Å². The van der Waals surface area contributed by atoms with Gasteiger partial charge in [0.15, 0.2) is 11.5 Å². The van der Waals surface area contributed by atoms with Gasteiger partial charge < -0.3 is 43.2 Å². The highest BCUT2D eigenvalue weighted by Gasteiger charge is 2.40. The lowest BCUT2D eigenvalue weighted by Crippen LogP contribution is -2.11. The number of aryl methyl sites for hydroxylation is 2. The Balaban J connectivity index is 0.000000131. The van der Waals surface area contributed by atoms with E-state index in [0.29, 0.717) is 72.0 Å². The van der Waals surface area contributed by atoms with Crippen molar-refractivity contribution in [2.45, 2.75) is 63.9 Å². The molecule has 17 rings (SSSR count). The molecule has 120 heavy (non-hydrogen) atoms. The van der Waals surface area contributed by atoms with Gasteiger partial charge in [-0.05, 0) is 184 Å². The number of pyridine rings is 1. The molecule has 10 N–H and O–H groups in total. The van der Waals surface area contributed by atoms with E-state index in [-0.39, 0.29) is 70.8 Å².